The van der Waals surface area contributed by atoms with Crippen molar-refractivity contribution in [3.63, 3.8) is 0 Å². The summed E-state index contributed by atoms with van der Waals surface area (Å²) in [6.45, 7) is 3.47. The third-order valence-electron chi connectivity index (χ3n) is 4.04. The Morgan fingerprint density at radius 1 is 1.23 bits per heavy atom. The normalized spacial score (nSPS) is 13.3. The average Bonchev–Trinajstić information content (AvgIpc) is 3.20. The fourth-order valence-electron chi connectivity index (χ4n) is 2.85. The molecule has 138 valence electrons. The second-order valence-corrected chi connectivity index (χ2v) is 7.29. The lowest BCUT2D eigenvalue weighted by atomic mass is 10.0. The summed E-state index contributed by atoms with van der Waals surface area (Å²) in [6, 6.07) is 9.82. The van der Waals surface area contributed by atoms with E-state index in [4.69, 9.17) is 0 Å². The largest absolute Gasteiger partial charge is 0.449 e. The lowest BCUT2D eigenvalue weighted by Gasteiger charge is -2.22. The van der Waals surface area contributed by atoms with Crippen LogP contribution in [-0.4, -0.2) is 15.5 Å². The number of thiophene rings is 1. The van der Waals surface area contributed by atoms with Crippen LogP contribution >= 0.6 is 11.3 Å². The molecule has 0 aliphatic carbocycles. The summed E-state index contributed by atoms with van der Waals surface area (Å²) >= 11 is 1.51. The molecule has 3 aromatic rings. The minimum atomic E-state index is -4.63. The van der Waals surface area contributed by atoms with Gasteiger partial charge in [0.05, 0.1) is 17.1 Å². The first kappa shape index (κ1) is 18.4. The lowest BCUT2D eigenvalue weighted by molar-refractivity contribution is -0.147. The Bertz CT molecular complexity index is 900. The van der Waals surface area contributed by atoms with Crippen molar-refractivity contribution < 1.29 is 18.0 Å². The molecule has 2 aromatic heterocycles. The number of carbonyl (C=O) groups excluding carboxylic acids is 1. The number of amides is 1. The van der Waals surface area contributed by atoms with Gasteiger partial charge < -0.3 is 9.88 Å². The molecule has 1 amide bonds. The van der Waals surface area contributed by atoms with Crippen LogP contribution in [0.3, 0.4) is 0 Å². The molecular formula is C18H18F3N3OS. The summed E-state index contributed by atoms with van der Waals surface area (Å²) in [6.07, 6.45) is -4.63. The Labute approximate surface area is 152 Å². The Hall–Kier alpha value is -2.35. The van der Waals surface area contributed by atoms with Crippen LogP contribution in [0.1, 0.15) is 30.6 Å². The number of para-hydroxylation sites is 2. The third-order valence-corrected chi connectivity index (χ3v) is 5.00. The summed E-state index contributed by atoms with van der Waals surface area (Å²) in [4.78, 5) is 17.2. The van der Waals surface area contributed by atoms with Crippen molar-refractivity contribution in [2.75, 3.05) is 0 Å². The van der Waals surface area contributed by atoms with E-state index in [-0.39, 0.29) is 23.0 Å². The van der Waals surface area contributed by atoms with E-state index in [0.29, 0.717) is 0 Å². The maximum atomic E-state index is 13.3. The molecule has 26 heavy (non-hydrogen) atoms. The van der Waals surface area contributed by atoms with Crippen LogP contribution in [0.5, 0.6) is 0 Å². The maximum absolute atomic E-state index is 13.3. The molecule has 0 unspecified atom stereocenters. The Morgan fingerprint density at radius 3 is 2.58 bits per heavy atom. The molecule has 0 saturated heterocycles. The van der Waals surface area contributed by atoms with Gasteiger partial charge in [0.25, 0.3) is 0 Å². The van der Waals surface area contributed by atoms with Crippen LogP contribution in [0, 0.1) is 5.92 Å². The van der Waals surface area contributed by atoms with Crippen LogP contribution in [0.15, 0.2) is 41.8 Å². The van der Waals surface area contributed by atoms with Crippen LogP contribution < -0.4 is 5.32 Å². The molecular weight excluding hydrogens is 363 g/mol. The third kappa shape index (κ3) is 3.75. The van der Waals surface area contributed by atoms with Crippen molar-refractivity contribution in [1.29, 1.82) is 0 Å². The Kier molecular flexibility index (Phi) is 5.04. The fourth-order valence-corrected chi connectivity index (χ4v) is 3.80. The van der Waals surface area contributed by atoms with Gasteiger partial charge in [-0.3, -0.25) is 4.79 Å². The first-order valence-corrected chi connectivity index (χ1v) is 9.00. The quantitative estimate of drug-likeness (QED) is 0.700. The molecule has 2 heterocycles. The van der Waals surface area contributed by atoms with E-state index in [2.05, 4.69) is 10.3 Å². The first-order valence-electron chi connectivity index (χ1n) is 8.12. The SMILES string of the molecule is CC(C)[C@H](NC(=O)Cn1c(C(F)(F)F)nc2ccccc21)c1cccs1. The van der Waals surface area contributed by atoms with Crippen LogP contribution in [0.4, 0.5) is 13.2 Å². The van der Waals surface area contributed by atoms with E-state index < -0.39 is 24.5 Å². The van der Waals surface area contributed by atoms with Crippen molar-refractivity contribution in [3.8, 4) is 0 Å². The number of halogens is 3. The highest BCUT2D eigenvalue weighted by Crippen LogP contribution is 2.31. The van der Waals surface area contributed by atoms with Gasteiger partial charge in [-0.2, -0.15) is 13.2 Å². The van der Waals surface area contributed by atoms with Gasteiger partial charge in [0.15, 0.2) is 0 Å². The molecule has 4 nitrogen and oxygen atoms in total. The van der Waals surface area contributed by atoms with Crippen molar-refractivity contribution >= 4 is 28.3 Å². The van der Waals surface area contributed by atoms with E-state index in [0.717, 1.165) is 9.44 Å². The van der Waals surface area contributed by atoms with Gasteiger partial charge in [0, 0.05) is 4.88 Å². The summed E-state index contributed by atoms with van der Waals surface area (Å²) < 4.78 is 40.9. The number of alkyl halides is 3. The second kappa shape index (κ2) is 7.11. The summed E-state index contributed by atoms with van der Waals surface area (Å²) in [5, 5.41) is 4.76. The van der Waals surface area contributed by atoms with Gasteiger partial charge in [-0.25, -0.2) is 4.98 Å². The Balaban J connectivity index is 1.89. The molecule has 8 heteroatoms. The highest BCUT2D eigenvalue weighted by Gasteiger charge is 2.38. The highest BCUT2D eigenvalue weighted by molar-refractivity contribution is 7.10. The number of nitrogens with zero attached hydrogens (tertiary/aromatic N) is 2. The molecule has 0 aliphatic heterocycles. The van der Waals surface area contributed by atoms with Gasteiger partial charge in [0.2, 0.25) is 11.7 Å². The number of hydrogen-bond acceptors (Lipinski definition) is 3. The molecule has 1 N–H and O–H groups in total. The number of hydrogen-bond donors (Lipinski definition) is 1. The molecule has 1 aromatic carbocycles. The van der Waals surface area contributed by atoms with Gasteiger partial charge in [-0.05, 0) is 29.5 Å². The van der Waals surface area contributed by atoms with Crippen molar-refractivity contribution in [2.45, 2.75) is 32.6 Å². The van der Waals surface area contributed by atoms with Gasteiger partial charge in [-0.1, -0.05) is 32.0 Å². The molecule has 0 bridgehead atoms. The minimum Gasteiger partial charge on any atom is -0.347 e. The first-order chi connectivity index (χ1) is 12.3. The van der Waals surface area contributed by atoms with Crippen molar-refractivity contribution in [1.82, 2.24) is 14.9 Å². The number of fused-ring (bicyclic) bond motifs is 1. The zero-order chi connectivity index (χ0) is 18.9. The zero-order valence-electron chi connectivity index (χ0n) is 14.2. The van der Waals surface area contributed by atoms with E-state index >= 15 is 0 Å². The summed E-state index contributed by atoms with van der Waals surface area (Å²) in [5.41, 5.74) is 0.499. The standard InChI is InChI=1S/C18H18F3N3OS/c1-11(2)16(14-8-5-9-26-14)23-15(25)10-24-13-7-4-3-6-12(13)22-17(24)18(19,20)21/h3-9,11,16H,10H2,1-2H3,(H,23,25)/t16-/m0/s1. The molecule has 0 spiro atoms. The molecule has 3 rings (SSSR count). The van der Waals surface area contributed by atoms with Gasteiger partial charge in [0.1, 0.15) is 6.54 Å². The number of rotatable bonds is 5. The average molecular weight is 381 g/mol. The molecule has 0 aliphatic rings. The summed E-state index contributed by atoms with van der Waals surface area (Å²) in [7, 11) is 0. The van der Waals surface area contributed by atoms with Crippen molar-refractivity contribution in [2.24, 2.45) is 5.92 Å². The van der Waals surface area contributed by atoms with Crippen LogP contribution in [-0.2, 0) is 17.5 Å². The summed E-state index contributed by atoms with van der Waals surface area (Å²) in [5.74, 6) is -1.43. The monoisotopic (exact) mass is 381 g/mol. The van der Waals surface area contributed by atoms with Gasteiger partial charge in [-0.15, -0.1) is 11.3 Å². The number of imidazole rings is 1. The lowest BCUT2D eigenvalue weighted by Crippen LogP contribution is -2.34. The fraction of sp³-hybridized carbons (Fsp3) is 0.333. The van der Waals surface area contributed by atoms with Crippen LogP contribution in [0.25, 0.3) is 11.0 Å². The predicted octanol–water partition coefficient (Wildman–Crippen LogP) is 4.63. The van der Waals surface area contributed by atoms with Gasteiger partial charge >= 0.3 is 6.18 Å². The number of carbonyl (C=O) groups is 1. The molecule has 1 atom stereocenters. The maximum Gasteiger partial charge on any atom is 0.449 e. The number of benzene rings is 1. The molecule has 0 radical (unpaired) electrons. The van der Waals surface area contributed by atoms with E-state index in [9.17, 15) is 18.0 Å². The smallest absolute Gasteiger partial charge is 0.347 e. The predicted molar refractivity (Wildman–Crippen MR) is 94.8 cm³/mol. The topological polar surface area (TPSA) is 46.9 Å². The van der Waals surface area contributed by atoms with Crippen LogP contribution in [0.2, 0.25) is 0 Å². The van der Waals surface area contributed by atoms with E-state index in [1.165, 1.54) is 23.5 Å². The highest BCUT2D eigenvalue weighted by atomic mass is 32.1. The Morgan fingerprint density at radius 2 is 1.96 bits per heavy atom. The van der Waals surface area contributed by atoms with E-state index in [1.54, 1.807) is 12.1 Å². The zero-order valence-corrected chi connectivity index (χ0v) is 15.1. The minimum absolute atomic E-state index is 0.110. The number of nitrogens with one attached hydrogen (secondary N) is 1. The molecule has 0 saturated carbocycles. The second-order valence-electron chi connectivity index (χ2n) is 6.31. The van der Waals surface area contributed by atoms with Crippen molar-refractivity contribution in [3.05, 3.63) is 52.5 Å². The van der Waals surface area contributed by atoms with E-state index in [1.807, 2.05) is 31.4 Å². The molecule has 0 fully saturated rings. The number of aromatic nitrogens is 2.